The summed E-state index contributed by atoms with van der Waals surface area (Å²) in [7, 11) is 0. The number of rotatable bonds is 23. The highest BCUT2D eigenvalue weighted by molar-refractivity contribution is 6.10. The van der Waals surface area contributed by atoms with Crippen molar-refractivity contribution in [2.75, 3.05) is 52.7 Å². The van der Waals surface area contributed by atoms with Crippen molar-refractivity contribution in [1.82, 2.24) is 10.6 Å². The predicted octanol–water partition coefficient (Wildman–Crippen LogP) is 8.70. The summed E-state index contributed by atoms with van der Waals surface area (Å²) in [4.78, 5) is 49.9. The molecule has 0 aliphatic heterocycles. The Balaban J connectivity index is 0.709. The quantitative estimate of drug-likeness (QED) is 0.0375. The number of ether oxygens (including phenoxy) is 4. The lowest BCUT2D eigenvalue weighted by atomic mass is 10.00. The van der Waals surface area contributed by atoms with Crippen molar-refractivity contribution < 1.29 is 38.1 Å². The van der Waals surface area contributed by atoms with Gasteiger partial charge in [0.2, 0.25) is 11.8 Å². The molecule has 0 unspecified atom stereocenters. The van der Waals surface area contributed by atoms with E-state index in [4.69, 9.17) is 18.9 Å². The van der Waals surface area contributed by atoms with Gasteiger partial charge in [0.15, 0.2) is 0 Å². The Bertz CT molecular complexity index is 2160. The lowest BCUT2D eigenvalue weighted by Gasteiger charge is -2.10. The average Bonchev–Trinajstić information content (AvgIpc) is 3.24. The van der Waals surface area contributed by atoms with Gasteiger partial charge in [-0.3, -0.25) is 9.59 Å². The third kappa shape index (κ3) is 12.3. The SMILES string of the molecule is O=C(CCCCCCCCC(=O)NCCOCCOC(=O)c1cccc2cc3ccccc3cc12)NCCOCCOC(=O)c1cccc2cc3ccccc3cc12. The number of unbranched alkanes of at least 4 members (excludes halogenated alkanes) is 5. The molecule has 6 aromatic rings. The van der Waals surface area contributed by atoms with Crippen LogP contribution in [0.1, 0.15) is 72.1 Å². The van der Waals surface area contributed by atoms with Crippen LogP contribution in [0.2, 0.25) is 0 Å². The van der Waals surface area contributed by atoms with Crippen LogP contribution in [-0.2, 0) is 28.5 Å². The summed E-state index contributed by atoms with van der Waals surface area (Å²) in [5.41, 5.74) is 1.05. The van der Waals surface area contributed by atoms with E-state index in [0.717, 1.165) is 81.6 Å². The van der Waals surface area contributed by atoms with Gasteiger partial charge in [0.05, 0.1) is 37.6 Å². The van der Waals surface area contributed by atoms with Gasteiger partial charge in [0, 0.05) is 25.9 Å². The van der Waals surface area contributed by atoms with Gasteiger partial charge in [0.25, 0.3) is 0 Å². The van der Waals surface area contributed by atoms with E-state index >= 15 is 0 Å². The fourth-order valence-corrected chi connectivity index (χ4v) is 7.02. The van der Waals surface area contributed by atoms with Gasteiger partial charge in [0.1, 0.15) is 13.2 Å². The molecule has 0 spiro atoms. The molecule has 0 saturated heterocycles. The first-order valence-electron chi connectivity index (χ1n) is 20.3. The summed E-state index contributed by atoms with van der Waals surface area (Å²) >= 11 is 0. The Kier molecular flexibility index (Phi) is 16.0. The maximum Gasteiger partial charge on any atom is 0.338 e. The Morgan fingerprint density at radius 3 is 1.21 bits per heavy atom. The van der Waals surface area contributed by atoms with Gasteiger partial charge in [-0.15, -0.1) is 0 Å². The van der Waals surface area contributed by atoms with E-state index in [-0.39, 0.29) is 50.2 Å². The maximum absolute atomic E-state index is 12.8. The van der Waals surface area contributed by atoms with Crippen molar-refractivity contribution in [2.24, 2.45) is 0 Å². The van der Waals surface area contributed by atoms with Crippen LogP contribution in [0.25, 0.3) is 43.1 Å². The molecule has 2 N–H and O–H groups in total. The van der Waals surface area contributed by atoms with Crippen LogP contribution in [-0.4, -0.2) is 76.5 Å². The Morgan fingerprint density at radius 2 is 0.776 bits per heavy atom. The third-order valence-electron chi connectivity index (χ3n) is 10.0. The third-order valence-corrected chi connectivity index (χ3v) is 10.0. The Hall–Kier alpha value is -5.84. The molecule has 302 valence electrons. The molecule has 0 bridgehead atoms. The maximum atomic E-state index is 12.8. The molecule has 6 rings (SSSR count). The van der Waals surface area contributed by atoms with E-state index in [1.807, 2.05) is 72.8 Å². The van der Waals surface area contributed by atoms with Gasteiger partial charge in [-0.2, -0.15) is 0 Å². The normalized spacial score (nSPS) is 11.2. The molecule has 0 fully saturated rings. The molecular weight excluding hydrogens is 733 g/mol. The molecule has 0 aliphatic carbocycles. The summed E-state index contributed by atoms with van der Waals surface area (Å²) in [6, 6.07) is 35.5. The number of benzene rings is 6. The number of hydrogen-bond donors (Lipinski definition) is 2. The summed E-state index contributed by atoms with van der Waals surface area (Å²) in [5.74, 6) is -0.782. The average molecular weight is 785 g/mol. The Morgan fingerprint density at radius 1 is 0.397 bits per heavy atom. The van der Waals surface area contributed by atoms with Crippen LogP contribution in [0.4, 0.5) is 0 Å². The van der Waals surface area contributed by atoms with Crippen LogP contribution in [0, 0.1) is 0 Å². The summed E-state index contributed by atoms with van der Waals surface area (Å²) in [6.45, 7) is 2.24. The van der Waals surface area contributed by atoms with E-state index in [1.54, 1.807) is 12.1 Å². The number of hydrogen-bond acceptors (Lipinski definition) is 8. The monoisotopic (exact) mass is 784 g/mol. The lowest BCUT2D eigenvalue weighted by molar-refractivity contribution is -0.122. The molecule has 10 nitrogen and oxygen atoms in total. The Labute approximate surface area is 339 Å². The number of amides is 2. The van der Waals surface area contributed by atoms with Crippen molar-refractivity contribution in [3.8, 4) is 0 Å². The number of carbonyl (C=O) groups is 4. The molecule has 2 amide bonds. The molecule has 0 saturated carbocycles. The predicted molar refractivity (Wildman–Crippen MR) is 228 cm³/mol. The van der Waals surface area contributed by atoms with Crippen LogP contribution >= 0.6 is 0 Å². The number of esters is 2. The van der Waals surface area contributed by atoms with Crippen molar-refractivity contribution in [3.63, 3.8) is 0 Å². The minimum absolute atomic E-state index is 0.00462. The first kappa shape index (κ1) is 41.8. The zero-order valence-corrected chi connectivity index (χ0v) is 33.0. The molecule has 0 heterocycles. The van der Waals surface area contributed by atoms with E-state index in [0.29, 0.717) is 50.3 Å². The second-order valence-corrected chi connectivity index (χ2v) is 14.3. The first-order chi connectivity index (χ1) is 28.5. The smallest absolute Gasteiger partial charge is 0.338 e. The second kappa shape index (κ2) is 22.2. The van der Waals surface area contributed by atoms with Crippen molar-refractivity contribution in [3.05, 3.63) is 120 Å². The van der Waals surface area contributed by atoms with Gasteiger partial charge in [-0.1, -0.05) is 98.5 Å². The first-order valence-corrected chi connectivity index (χ1v) is 20.3. The van der Waals surface area contributed by atoms with Gasteiger partial charge < -0.3 is 29.6 Å². The van der Waals surface area contributed by atoms with Crippen LogP contribution in [0.3, 0.4) is 0 Å². The van der Waals surface area contributed by atoms with Crippen LogP contribution in [0.5, 0.6) is 0 Å². The molecule has 6 aromatic carbocycles. The van der Waals surface area contributed by atoms with E-state index in [9.17, 15) is 19.2 Å². The number of carbonyl (C=O) groups excluding carboxylic acids is 4. The van der Waals surface area contributed by atoms with Gasteiger partial charge in [-0.05, 0) is 92.3 Å². The standard InChI is InChI=1S/C48H52N2O8/c51-45(49-23-25-55-27-29-57-47(53)41-19-11-17-39-31-35-13-7-9-15-37(35)33-43(39)41)21-5-3-1-2-4-6-22-46(52)50-24-26-56-28-30-58-48(54)42-20-12-18-40-32-36-14-8-10-16-38(36)34-44(40)42/h7-20,31-34H,1-6,21-30H2,(H,49,51)(H,50,52). The zero-order chi connectivity index (χ0) is 40.4. The van der Waals surface area contributed by atoms with E-state index < -0.39 is 0 Å². The van der Waals surface area contributed by atoms with Crippen molar-refractivity contribution in [1.29, 1.82) is 0 Å². The highest BCUT2D eigenvalue weighted by Crippen LogP contribution is 2.27. The van der Waals surface area contributed by atoms with Crippen molar-refractivity contribution >= 4 is 66.8 Å². The van der Waals surface area contributed by atoms with Gasteiger partial charge in [-0.25, -0.2) is 9.59 Å². The topological polar surface area (TPSA) is 129 Å². The van der Waals surface area contributed by atoms with Gasteiger partial charge >= 0.3 is 11.9 Å². The van der Waals surface area contributed by atoms with Crippen molar-refractivity contribution in [2.45, 2.75) is 51.4 Å². The minimum atomic E-state index is -0.386. The molecular formula is C48H52N2O8. The highest BCUT2D eigenvalue weighted by atomic mass is 16.6. The molecule has 0 atom stereocenters. The second-order valence-electron chi connectivity index (χ2n) is 14.3. The summed E-state index contributed by atoms with van der Waals surface area (Å²) < 4.78 is 22.0. The fraction of sp³-hybridized carbons (Fsp3) is 0.333. The summed E-state index contributed by atoms with van der Waals surface area (Å²) in [6.07, 6.45) is 6.50. The molecule has 10 heteroatoms. The number of fused-ring (bicyclic) bond motifs is 4. The highest BCUT2D eigenvalue weighted by Gasteiger charge is 2.14. The van der Waals surface area contributed by atoms with Crippen LogP contribution < -0.4 is 10.6 Å². The largest absolute Gasteiger partial charge is 0.460 e. The summed E-state index contributed by atoms with van der Waals surface area (Å²) in [5, 5.41) is 13.8. The molecule has 0 radical (unpaired) electrons. The fourth-order valence-electron chi connectivity index (χ4n) is 7.02. The molecule has 58 heavy (non-hydrogen) atoms. The van der Waals surface area contributed by atoms with E-state index in [2.05, 4.69) is 34.9 Å². The zero-order valence-electron chi connectivity index (χ0n) is 33.0. The molecule has 0 aromatic heterocycles. The number of nitrogens with one attached hydrogen (secondary N) is 2. The van der Waals surface area contributed by atoms with E-state index in [1.165, 1.54) is 0 Å². The molecule has 0 aliphatic rings. The van der Waals surface area contributed by atoms with Crippen LogP contribution in [0.15, 0.2) is 109 Å². The lowest BCUT2D eigenvalue weighted by Crippen LogP contribution is -2.27. The minimum Gasteiger partial charge on any atom is -0.460 e.